The van der Waals surface area contributed by atoms with Crippen LogP contribution in [0.4, 0.5) is 0 Å². The molecule has 0 unspecified atom stereocenters. The number of allylic oxidation sites excluding steroid dienone is 1. The fraction of sp³-hybridized carbons (Fsp3) is 0.100. The Balaban J connectivity index is 3.01. The lowest BCUT2D eigenvalue weighted by molar-refractivity contribution is 0.474. The van der Waals surface area contributed by atoms with Crippen molar-refractivity contribution in [2.75, 3.05) is 0 Å². The van der Waals surface area contributed by atoms with E-state index in [1.807, 2.05) is 0 Å². The van der Waals surface area contributed by atoms with Crippen LogP contribution < -0.4 is 0 Å². The summed E-state index contributed by atoms with van der Waals surface area (Å²) in [6.07, 6.45) is 2.45. The smallest absolute Gasteiger partial charge is 0.115 e. The molecule has 1 aromatic rings. The van der Waals surface area contributed by atoms with Gasteiger partial charge in [-0.3, -0.25) is 0 Å². The van der Waals surface area contributed by atoms with Crippen molar-refractivity contribution in [1.82, 2.24) is 0 Å². The topological polar surface area (TPSA) is 20.2 Å². The first-order valence-electron chi connectivity index (χ1n) is 3.42. The molecule has 0 spiro atoms. The van der Waals surface area contributed by atoms with Crippen molar-refractivity contribution in [2.24, 2.45) is 0 Å². The first kappa shape index (κ1) is 7.86. The molecule has 2 radical (unpaired) electrons. The van der Waals surface area contributed by atoms with Gasteiger partial charge in [-0.25, -0.2) is 0 Å². The summed E-state index contributed by atoms with van der Waals surface area (Å²) < 4.78 is 0. The third kappa shape index (κ3) is 1.84. The molecular formula is C10H10O. The van der Waals surface area contributed by atoms with Crippen LogP contribution in [0.5, 0.6) is 5.75 Å². The molecule has 0 aromatic heterocycles. The standard InChI is InChI=1S/C10H10O/c1-3-4-9-7-10(11)6-5-8(9)2/h2-3,5-7,11H,1,4H2. The average Bonchev–Trinajstić information content (AvgIpc) is 1.98. The van der Waals surface area contributed by atoms with Crippen LogP contribution in [0.3, 0.4) is 0 Å². The van der Waals surface area contributed by atoms with Gasteiger partial charge in [-0.2, -0.15) is 0 Å². The van der Waals surface area contributed by atoms with Crippen molar-refractivity contribution in [1.29, 1.82) is 0 Å². The summed E-state index contributed by atoms with van der Waals surface area (Å²) in [5.41, 5.74) is 1.61. The molecule has 11 heavy (non-hydrogen) atoms. The molecule has 0 saturated carbocycles. The predicted octanol–water partition coefficient (Wildman–Crippen LogP) is 2.18. The Morgan fingerprint density at radius 3 is 2.91 bits per heavy atom. The Labute approximate surface area is 67.0 Å². The summed E-state index contributed by atoms with van der Waals surface area (Å²) in [6.45, 7) is 9.21. The highest BCUT2D eigenvalue weighted by molar-refractivity contribution is 5.37. The molecule has 0 bridgehead atoms. The summed E-state index contributed by atoms with van der Waals surface area (Å²) in [7, 11) is 0. The van der Waals surface area contributed by atoms with E-state index in [0.717, 1.165) is 5.56 Å². The quantitative estimate of drug-likeness (QED) is 0.634. The molecule has 0 saturated heterocycles. The SMILES string of the molecule is [CH]c1ccc(O)cc1CC=C. The number of hydrogen-bond donors (Lipinski definition) is 1. The normalized spacial score (nSPS) is 9.55. The van der Waals surface area contributed by atoms with Crippen LogP contribution >= 0.6 is 0 Å². The van der Waals surface area contributed by atoms with E-state index in [-0.39, 0.29) is 5.75 Å². The molecule has 1 aromatic carbocycles. The van der Waals surface area contributed by atoms with Gasteiger partial charge in [0.1, 0.15) is 5.75 Å². The summed E-state index contributed by atoms with van der Waals surface area (Å²) in [6, 6.07) is 4.91. The lowest BCUT2D eigenvalue weighted by atomic mass is 10.1. The minimum absolute atomic E-state index is 0.246. The van der Waals surface area contributed by atoms with Crippen molar-refractivity contribution in [3.05, 3.63) is 48.9 Å². The van der Waals surface area contributed by atoms with Gasteiger partial charge in [0.05, 0.1) is 0 Å². The summed E-state index contributed by atoms with van der Waals surface area (Å²) in [4.78, 5) is 0. The van der Waals surface area contributed by atoms with Gasteiger partial charge in [0, 0.05) is 0 Å². The van der Waals surface area contributed by atoms with Gasteiger partial charge in [-0.15, -0.1) is 6.58 Å². The van der Waals surface area contributed by atoms with E-state index in [9.17, 15) is 0 Å². The number of hydrogen-bond acceptors (Lipinski definition) is 1. The second-order valence-corrected chi connectivity index (χ2v) is 2.38. The lowest BCUT2D eigenvalue weighted by Gasteiger charge is -2.01. The second kappa shape index (κ2) is 3.24. The minimum atomic E-state index is 0.246. The summed E-state index contributed by atoms with van der Waals surface area (Å²) in [5, 5.41) is 9.07. The Kier molecular flexibility index (Phi) is 2.32. The highest BCUT2D eigenvalue weighted by Gasteiger charge is 1.96. The molecular weight excluding hydrogens is 136 g/mol. The summed E-state index contributed by atoms with van der Waals surface area (Å²) >= 11 is 0. The molecule has 1 rings (SSSR count). The van der Waals surface area contributed by atoms with Gasteiger partial charge in [0.2, 0.25) is 0 Å². The van der Waals surface area contributed by atoms with Crippen LogP contribution in [0.15, 0.2) is 30.9 Å². The van der Waals surface area contributed by atoms with Crippen LogP contribution in [-0.4, -0.2) is 5.11 Å². The Morgan fingerprint density at radius 2 is 2.27 bits per heavy atom. The third-order valence-corrected chi connectivity index (χ3v) is 1.49. The molecule has 1 N–H and O–H groups in total. The van der Waals surface area contributed by atoms with Crippen molar-refractivity contribution >= 4 is 0 Å². The molecule has 0 aliphatic heterocycles. The van der Waals surface area contributed by atoms with Crippen LogP contribution in [0.2, 0.25) is 0 Å². The number of benzene rings is 1. The number of rotatable bonds is 2. The van der Waals surface area contributed by atoms with Gasteiger partial charge in [0.25, 0.3) is 0 Å². The number of phenols is 1. The maximum absolute atomic E-state index is 9.07. The molecule has 0 heterocycles. The zero-order chi connectivity index (χ0) is 8.27. The molecule has 0 amide bonds. The monoisotopic (exact) mass is 146 g/mol. The Bertz CT molecular complexity index is 264. The summed E-state index contributed by atoms with van der Waals surface area (Å²) in [5.74, 6) is 0.246. The van der Waals surface area contributed by atoms with Gasteiger partial charge < -0.3 is 5.11 Å². The second-order valence-electron chi connectivity index (χ2n) is 2.38. The number of phenolic OH excluding ortho intramolecular Hbond substituents is 1. The van der Waals surface area contributed by atoms with Crippen molar-refractivity contribution in [2.45, 2.75) is 6.42 Å². The largest absolute Gasteiger partial charge is 0.508 e. The lowest BCUT2D eigenvalue weighted by Crippen LogP contribution is -1.85. The minimum Gasteiger partial charge on any atom is -0.508 e. The van der Waals surface area contributed by atoms with E-state index in [1.54, 1.807) is 24.3 Å². The molecule has 56 valence electrons. The fourth-order valence-electron chi connectivity index (χ4n) is 0.924. The van der Waals surface area contributed by atoms with E-state index in [1.165, 1.54) is 0 Å². The van der Waals surface area contributed by atoms with Gasteiger partial charge in [0.15, 0.2) is 0 Å². The molecule has 0 atom stereocenters. The van der Waals surface area contributed by atoms with E-state index in [0.29, 0.717) is 12.0 Å². The first-order valence-corrected chi connectivity index (χ1v) is 3.42. The van der Waals surface area contributed by atoms with E-state index >= 15 is 0 Å². The highest BCUT2D eigenvalue weighted by Crippen LogP contribution is 2.16. The average molecular weight is 146 g/mol. The van der Waals surface area contributed by atoms with E-state index in [4.69, 9.17) is 12.0 Å². The zero-order valence-corrected chi connectivity index (χ0v) is 6.25. The van der Waals surface area contributed by atoms with Gasteiger partial charge >= 0.3 is 0 Å². The highest BCUT2D eigenvalue weighted by atomic mass is 16.3. The number of aromatic hydroxyl groups is 1. The maximum atomic E-state index is 9.07. The molecule has 1 heteroatoms. The van der Waals surface area contributed by atoms with Crippen molar-refractivity contribution in [3.63, 3.8) is 0 Å². The maximum Gasteiger partial charge on any atom is 0.115 e. The van der Waals surface area contributed by atoms with E-state index < -0.39 is 0 Å². The zero-order valence-electron chi connectivity index (χ0n) is 6.25. The molecule has 0 fully saturated rings. The van der Waals surface area contributed by atoms with Crippen LogP contribution in [0.25, 0.3) is 0 Å². The predicted molar refractivity (Wildman–Crippen MR) is 45.4 cm³/mol. The fourth-order valence-corrected chi connectivity index (χ4v) is 0.924. The molecule has 1 nitrogen and oxygen atoms in total. The third-order valence-electron chi connectivity index (χ3n) is 1.49. The van der Waals surface area contributed by atoms with Crippen LogP contribution in [-0.2, 0) is 6.42 Å². The van der Waals surface area contributed by atoms with Gasteiger partial charge in [-0.05, 0) is 36.6 Å². The Morgan fingerprint density at radius 1 is 1.55 bits per heavy atom. The molecule has 0 aliphatic rings. The van der Waals surface area contributed by atoms with Crippen molar-refractivity contribution in [3.8, 4) is 5.75 Å². The van der Waals surface area contributed by atoms with Crippen LogP contribution in [0, 0.1) is 6.92 Å². The first-order chi connectivity index (χ1) is 5.24. The van der Waals surface area contributed by atoms with E-state index in [2.05, 4.69) is 6.58 Å². The van der Waals surface area contributed by atoms with Crippen LogP contribution in [0.1, 0.15) is 11.1 Å². The van der Waals surface area contributed by atoms with Crippen molar-refractivity contribution < 1.29 is 5.11 Å². The Hall–Kier alpha value is -1.24. The van der Waals surface area contributed by atoms with Gasteiger partial charge in [-0.1, -0.05) is 12.1 Å². The molecule has 0 aliphatic carbocycles.